The minimum atomic E-state index is -0.132. The van der Waals surface area contributed by atoms with E-state index < -0.39 is 0 Å². The Hall–Kier alpha value is -1.18. The maximum Gasteiger partial charge on any atom is 0.305 e. The fraction of sp³-hybridized carbons (Fsp3) is 0.909. The van der Waals surface area contributed by atoms with E-state index in [2.05, 4.69) is 28.5 Å². The third-order valence-corrected chi connectivity index (χ3v) is 4.01. The molecule has 0 fully saturated rings. The number of methoxy groups -OCH3 is 1. The van der Waals surface area contributed by atoms with Crippen molar-refractivity contribution in [3.8, 4) is 0 Å². The molecule has 0 saturated heterocycles. The van der Waals surface area contributed by atoms with Gasteiger partial charge in [0.05, 0.1) is 13.7 Å². The lowest BCUT2D eigenvalue weighted by Gasteiger charge is -2.15. The lowest BCUT2D eigenvalue weighted by Crippen LogP contribution is -2.23. The van der Waals surface area contributed by atoms with Crippen LogP contribution in [0.3, 0.4) is 0 Å². The number of hydrogen-bond acceptors (Lipinski definition) is 7. The van der Waals surface area contributed by atoms with Gasteiger partial charge in [0.1, 0.15) is 0 Å². The zero-order chi connectivity index (χ0) is 20.9. The summed E-state index contributed by atoms with van der Waals surface area (Å²) in [6.07, 6.45) is 6.27. The van der Waals surface area contributed by atoms with Gasteiger partial charge in [-0.05, 0) is 79.4 Å². The number of unbranched alkanes of at least 4 members (excludes halogenated alkanes) is 1. The molecule has 0 saturated carbocycles. The van der Waals surface area contributed by atoms with E-state index in [4.69, 9.17) is 10.5 Å². The van der Waals surface area contributed by atoms with E-state index in [0.29, 0.717) is 19.4 Å². The Balaban J connectivity index is -0.000000202. The van der Waals surface area contributed by atoms with Crippen LogP contribution in [-0.2, 0) is 19.1 Å². The molecule has 0 amide bonds. The highest BCUT2D eigenvalue weighted by Gasteiger charge is 2.03. The number of carbonyl (C=O) groups excluding carboxylic acids is 2. The van der Waals surface area contributed by atoms with Crippen molar-refractivity contribution in [2.45, 2.75) is 73.6 Å². The van der Waals surface area contributed by atoms with Gasteiger partial charge in [-0.1, -0.05) is 28.2 Å². The molecule has 0 radical (unpaired) electrons. The van der Waals surface area contributed by atoms with Gasteiger partial charge in [-0.15, -0.1) is 0 Å². The number of hydrogen-bond donors (Lipinski definition) is 1. The largest absolute Gasteiger partial charge is 0.469 e. The van der Waals surface area contributed by atoms with Crippen LogP contribution in [-0.4, -0.2) is 82.3 Å². The van der Waals surface area contributed by atoms with Crippen molar-refractivity contribution in [1.82, 2.24) is 9.80 Å². The highest BCUT2D eigenvalue weighted by atomic mass is 16.5. The van der Waals surface area contributed by atoms with E-state index in [-0.39, 0.29) is 26.8 Å². The topological polar surface area (TPSA) is 85.1 Å². The molecule has 178 valence electrons. The average molecular weight is 422 g/mol. The molecule has 29 heavy (non-hydrogen) atoms. The number of carbonyl (C=O) groups is 2. The average Bonchev–Trinajstić information content (AvgIpc) is 2.65. The molecule has 0 rings (SSSR count). The molecule has 0 aromatic carbocycles. The van der Waals surface area contributed by atoms with Gasteiger partial charge in [0, 0.05) is 12.8 Å². The third kappa shape index (κ3) is 29.1. The summed E-state index contributed by atoms with van der Waals surface area (Å²) >= 11 is 0. The molecule has 2 N–H and O–H groups in total. The van der Waals surface area contributed by atoms with Crippen molar-refractivity contribution >= 4 is 11.9 Å². The molecule has 0 heterocycles. The van der Waals surface area contributed by atoms with E-state index in [1.54, 1.807) is 0 Å². The summed E-state index contributed by atoms with van der Waals surface area (Å²) in [7, 11) is 5.55. The van der Waals surface area contributed by atoms with Gasteiger partial charge in [-0.25, -0.2) is 0 Å². The second kappa shape index (κ2) is 26.8. The van der Waals surface area contributed by atoms with Crippen LogP contribution in [0.15, 0.2) is 0 Å². The van der Waals surface area contributed by atoms with Crippen LogP contribution in [0.25, 0.3) is 0 Å². The molecule has 0 aromatic heterocycles. The van der Waals surface area contributed by atoms with Gasteiger partial charge in [-0.2, -0.15) is 0 Å². The SMILES string of the molecule is C.C.CCCCN(C)CCCC(=O)OCC.COC(=O)CCCN(C)CCCN. The lowest BCUT2D eigenvalue weighted by atomic mass is 10.2. The van der Waals surface area contributed by atoms with Gasteiger partial charge in [-0.3, -0.25) is 9.59 Å². The van der Waals surface area contributed by atoms with Crippen LogP contribution in [0, 0.1) is 0 Å². The molecular formula is C22H51N3O4. The molecule has 0 spiro atoms. The molecule has 0 atom stereocenters. The summed E-state index contributed by atoms with van der Waals surface area (Å²) < 4.78 is 9.38. The zero-order valence-electron chi connectivity index (χ0n) is 18.3. The highest BCUT2D eigenvalue weighted by Crippen LogP contribution is 1.98. The Labute approximate surface area is 181 Å². The Morgan fingerprint density at radius 2 is 1.24 bits per heavy atom. The fourth-order valence-electron chi connectivity index (χ4n) is 2.33. The summed E-state index contributed by atoms with van der Waals surface area (Å²) in [5, 5.41) is 0. The summed E-state index contributed by atoms with van der Waals surface area (Å²) in [5.74, 6) is -0.205. The summed E-state index contributed by atoms with van der Waals surface area (Å²) in [6, 6.07) is 0. The zero-order valence-corrected chi connectivity index (χ0v) is 18.3. The van der Waals surface area contributed by atoms with Crippen molar-refractivity contribution in [1.29, 1.82) is 0 Å². The van der Waals surface area contributed by atoms with Crippen molar-refractivity contribution in [2.75, 3.05) is 60.5 Å². The summed E-state index contributed by atoms with van der Waals surface area (Å²) in [6.45, 7) is 9.27. The highest BCUT2D eigenvalue weighted by molar-refractivity contribution is 5.69. The van der Waals surface area contributed by atoms with Crippen LogP contribution in [0.4, 0.5) is 0 Å². The van der Waals surface area contributed by atoms with Crippen molar-refractivity contribution in [2.24, 2.45) is 5.73 Å². The first-order chi connectivity index (χ1) is 12.9. The number of nitrogens with zero attached hydrogens (tertiary/aromatic N) is 2. The monoisotopic (exact) mass is 421 g/mol. The van der Waals surface area contributed by atoms with E-state index in [1.165, 1.54) is 20.0 Å². The van der Waals surface area contributed by atoms with Crippen molar-refractivity contribution in [3.05, 3.63) is 0 Å². The molecule has 7 nitrogen and oxygen atoms in total. The second-order valence-corrected chi connectivity index (χ2v) is 6.69. The molecule has 0 aliphatic carbocycles. The molecule has 0 aromatic rings. The number of ether oxygens (including phenoxy) is 2. The van der Waals surface area contributed by atoms with Crippen LogP contribution in [0.5, 0.6) is 0 Å². The predicted octanol–water partition coefficient (Wildman–Crippen LogP) is 3.55. The molecular weight excluding hydrogens is 370 g/mol. The van der Waals surface area contributed by atoms with Gasteiger partial charge in [0.15, 0.2) is 0 Å². The smallest absolute Gasteiger partial charge is 0.305 e. The Morgan fingerprint density at radius 1 is 0.793 bits per heavy atom. The molecule has 0 aliphatic heterocycles. The number of nitrogens with two attached hydrogens (primary N) is 1. The molecule has 0 bridgehead atoms. The van der Waals surface area contributed by atoms with Crippen LogP contribution >= 0.6 is 0 Å². The van der Waals surface area contributed by atoms with Gasteiger partial charge in [0.2, 0.25) is 0 Å². The standard InChI is InChI=1S/C11H23NO2.C9H20N2O2.2CH4/c1-4-6-9-12(3)10-7-8-11(13)14-5-2;1-11(8-4-6-10)7-3-5-9(12)13-2;;/h4-10H2,1-3H3;3-8,10H2,1-2H3;2*1H4. The van der Waals surface area contributed by atoms with Crippen molar-refractivity contribution < 1.29 is 19.1 Å². The van der Waals surface area contributed by atoms with E-state index in [1.807, 2.05) is 14.0 Å². The normalized spacial score (nSPS) is 9.79. The maximum atomic E-state index is 11.0. The summed E-state index contributed by atoms with van der Waals surface area (Å²) in [4.78, 5) is 26.2. The summed E-state index contributed by atoms with van der Waals surface area (Å²) in [5.41, 5.74) is 5.37. The maximum absolute atomic E-state index is 11.0. The molecule has 0 unspecified atom stereocenters. The Bertz CT molecular complexity index is 355. The van der Waals surface area contributed by atoms with Crippen molar-refractivity contribution in [3.63, 3.8) is 0 Å². The van der Waals surface area contributed by atoms with Crippen LogP contribution in [0.1, 0.15) is 73.6 Å². The van der Waals surface area contributed by atoms with E-state index >= 15 is 0 Å². The second-order valence-electron chi connectivity index (χ2n) is 6.69. The first-order valence-corrected chi connectivity index (χ1v) is 10.2. The van der Waals surface area contributed by atoms with E-state index in [9.17, 15) is 9.59 Å². The predicted molar refractivity (Wildman–Crippen MR) is 124 cm³/mol. The quantitative estimate of drug-likeness (QED) is 0.405. The molecule has 0 aliphatic rings. The molecule has 7 heteroatoms. The third-order valence-electron chi connectivity index (χ3n) is 4.01. The van der Waals surface area contributed by atoms with Crippen LogP contribution in [0.2, 0.25) is 0 Å². The van der Waals surface area contributed by atoms with Gasteiger partial charge in [0.25, 0.3) is 0 Å². The fourth-order valence-corrected chi connectivity index (χ4v) is 2.33. The first kappa shape index (κ1) is 35.3. The van der Waals surface area contributed by atoms with Gasteiger partial charge < -0.3 is 25.0 Å². The minimum Gasteiger partial charge on any atom is -0.469 e. The minimum absolute atomic E-state index is 0. The first-order valence-electron chi connectivity index (χ1n) is 10.2. The van der Waals surface area contributed by atoms with E-state index in [0.717, 1.165) is 52.0 Å². The Morgan fingerprint density at radius 3 is 1.66 bits per heavy atom. The number of esters is 2. The van der Waals surface area contributed by atoms with Crippen LogP contribution < -0.4 is 5.73 Å². The van der Waals surface area contributed by atoms with Gasteiger partial charge >= 0.3 is 11.9 Å². The lowest BCUT2D eigenvalue weighted by molar-refractivity contribution is -0.143. The number of rotatable bonds is 15. The Kier molecular flexibility index (Phi) is 32.6.